The minimum atomic E-state index is -0.00254. The van der Waals surface area contributed by atoms with E-state index in [0.717, 1.165) is 65.7 Å². The van der Waals surface area contributed by atoms with Crippen molar-refractivity contribution in [3.8, 4) is 0 Å². The number of nitrogens with zero attached hydrogens (tertiary/aromatic N) is 7. The van der Waals surface area contributed by atoms with Crippen LogP contribution in [0, 0.1) is 19.8 Å². The molecule has 1 amide bonds. The second kappa shape index (κ2) is 9.18. The Morgan fingerprint density at radius 2 is 1.94 bits per heavy atom. The fraction of sp³-hybridized carbons (Fsp3) is 0.400. The summed E-state index contributed by atoms with van der Waals surface area (Å²) in [7, 11) is 1.97. The van der Waals surface area contributed by atoms with E-state index in [9.17, 15) is 4.79 Å². The second-order valence-electron chi connectivity index (χ2n) is 9.12. The highest BCUT2D eigenvalue weighted by Crippen LogP contribution is 2.26. The first kappa shape index (κ1) is 22.5. The number of hydrogen-bond acceptors (Lipinski definition) is 5. The summed E-state index contributed by atoms with van der Waals surface area (Å²) >= 11 is 6.39. The number of likely N-dealkylation sites (tertiary alicyclic amines) is 1. The molecular weight excluding hydrogens is 450 g/mol. The third-order valence-corrected chi connectivity index (χ3v) is 7.31. The number of amides is 1. The fourth-order valence-corrected chi connectivity index (χ4v) is 5.01. The Labute approximate surface area is 203 Å². The third-order valence-electron chi connectivity index (χ3n) is 6.94. The van der Waals surface area contributed by atoms with Gasteiger partial charge in [0.1, 0.15) is 17.7 Å². The standard InChI is InChI=1S/C25H28ClN7O/c1-16-20(13-19-6-4-5-7-22(19)26)17(2)33-24(29-16)21(14-28-33)25(34)32-10-8-18(9-11-32)12-23-30-27-15-31(23)3/h4-7,14-15,18H,8-13H2,1-3H3. The number of benzene rings is 1. The molecule has 9 heteroatoms. The van der Waals surface area contributed by atoms with Crippen molar-refractivity contribution in [2.45, 2.75) is 39.5 Å². The van der Waals surface area contributed by atoms with Crippen molar-refractivity contribution in [1.82, 2.24) is 34.3 Å². The van der Waals surface area contributed by atoms with E-state index in [4.69, 9.17) is 16.6 Å². The monoisotopic (exact) mass is 477 g/mol. The van der Waals surface area contributed by atoms with Crippen LogP contribution in [-0.2, 0) is 19.9 Å². The number of carbonyl (C=O) groups excluding carboxylic acids is 1. The Morgan fingerprint density at radius 1 is 1.18 bits per heavy atom. The van der Waals surface area contributed by atoms with Gasteiger partial charge >= 0.3 is 0 Å². The Morgan fingerprint density at radius 3 is 2.65 bits per heavy atom. The van der Waals surface area contributed by atoms with Crippen LogP contribution in [0.4, 0.5) is 0 Å². The maximum atomic E-state index is 13.4. The van der Waals surface area contributed by atoms with Gasteiger partial charge in [0, 0.05) is 49.4 Å². The molecule has 0 N–H and O–H groups in total. The lowest BCUT2D eigenvalue weighted by atomic mass is 9.93. The van der Waals surface area contributed by atoms with Crippen LogP contribution in [0.2, 0.25) is 5.02 Å². The van der Waals surface area contributed by atoms with Gasteiger partial charge in [-0.1, -0.05) is 29.8 Å². The van der Waals surface area contributed by atoms with Gasteiger partial charge in [0.05, 0.1) is 6.20 Å². The first-order valence-corrected chi connectivity index (χ1v) is 12.0. The summed E-state index contributed by atoms with van der Waals surface area (Å²) in [6, 6.07) is 7.84. The van der Waals surface area contributed by atoms with Crippen molar-refractivity contribution >= 4 is 23.2 Å². The molecule has 0 unspecified atom stereocenters. The highest BCUT2D eigenvalue weighted by atomic mass is 35.5. The van der Waals surface area contributed by atoms with Crippen LogP contribution in [0.5, 0.6) is 0 Å². The molecule has 1 aliphatic rings. The van der Waals surface area contributed by atoms with E-state index in [1.54, 1.807) is 17.0 Å². The minimum absolute atomic E-state index is 0.00254. The molecule has 3 aromatic heterocycles. The Hall–Kier alpha value is -3.26. The van der Waals surface area contributed by atoms with Gasteiger partial charge in [-0.25, -0.2) is 9.50 Å². The SMILES string of the molecule is Cc1nc2c(C(=O)N3CCC(Cc4nncn4C)CC3)cnn2c(C)c1Cc1ccccc1Cl. The van der Waals surface area contributed by atoms with Crippen LogP contribution in [0.3, 0.4) is 0 Å². The maximum Gasteiger partial charge on any atom is 0.259 e. The van der Waals surface area contributed by atoms with Crippen LogP contribution in [-0.4, -0.2) is 53.3 Å². The molecule has 4 heterocycles. The van der Waals surface area contributed by atoms with Crippen LogP contribution in [0.1, 0.15) is 51.5 Å². The lowest BCUT2D eigenvalue weighted by molar-refractivity contribution is 0.0691. The highest BCUT2D eigenvalue weighted by Gasteiger charge is 2.27. The summed E-state index contributed by atoms with van der Waals surface area (Å²) in [6.45, 7) is 5.45. The van der Waals surface area contributed by atoms with E-state index < -0.39 is 0 Å². The molecule has 1 fully saturated rings. The molecule has 0 radical (unpaired) electrons. The largest absolute Gasteiger partial charge is 0.338 e. The summed E-state index contributed by atoms with van der Waals surface area (Å²) in [4.78, 5) is 20.1. The van der Waals surface area contributed by atoms with Crippen LogP contribution >= 0.6 is 11.6 Å². The predicted octanol–water partition coefficient (Wildman–Crippen LogP) is 3.81. The van der Waals surface area contributed by atoms with Crippen molar-refractivity contribution in [1.29, 1.82) is 0 Å². The molecule has 0 atom stereocenters. The Kier molecular flexibility index (Phi) is 6.08. The summed E-state index contributed by atoms with van der Waals surface area (Å²) < 4.78 is 3.75. The molecule has 1 aromatic carbocycles. The summed E-state index contributed by atoms with van der Waals surface area (Å²) in [5, 5.41) is 13.4. The highest BCUT2D eigenvalue weighted by molar-refractivity contribution is 6.31. The zero-order valence-corrected chi connectivity index (χ0v) is 20.5. The number of aryl methyl sites for hydroxylation is 3. The third kappa shape index (κ3) is 4.18. The fourth-order valence-electron chi connectivity index (χ4n) is 4.81. The summed E-state index contributed by atoms with van der Waals surface area (Å²) in [6.07, 6.45) is 6.85. The first-order chi connectivity index (χ1) is 16.4. The van der Waals surface area contributed by atoms with E-state index in [1.807, 2.05) is 54.6 Å². The molecule has 0 spiro atoms. The smallest absolute Gasteiger partial charge is 0.259 e. The van der Waals surface area contributed by atoms with Crippen LogP contribution in [0.25, 0.3) is 5.65 Å². The molecule has 0 bridgehead atoms. The number of carbonyl (C=O) groups is 1. The number of halogens is 1. The number of piperidine rings is 1. The van der Waals surface area contributed by atoms with Gasteiger partial charge in [-0.05, 0) is 49.8 Å². The van der Waals surface area contributed by atoms with Gasteiger partial charge in [0.2, 0.25) is 0 Å². The van der Waals surface area contributed by atoms with Gasteiger partial charge in [-0.2, -0.15) is 5.10 Å². The molecule has 0 saturated carbocycles. The number of fused-ring (bicyclic) bond motifs is 1. The molecule has 176 valence electrons. The minimum Gasteiger partial charge on any atom is -0.338 e. The predicted molar refractivity (Wildman–Crippen MR) is 130 cm³/mol. The lowest BCUT2D eigenvalue weighted by Crippen LogP contribution is -2.39. The van der Waals surface area contributed by atoms with E-state index in [1.165, 1.54) is 0 Å². The Balaban J connectivity index is 1.34. The van der Waals surface area contributed by atoms with Gasteiger partial charge in [0.25, 0.3) is 5.91 Å². The van der Waals surface area contributed by atoms with Gasteiger partial charge in [0.15, 0.2) is 5.65 Å². The van der Waals surface area contributed by atoms with Crippen molar-refractivity contribution in [2.24, 2.45) is 13.0 Å². The Bertz CT molecular complexity index is 1350. The quantitative estimate of drug-likeness (QED) is 0.436. The van der Waals surface area contributed by atoms with E-state index >= 15 is 0 Å². The normalized spacial score (nSPS) is 14.8. The van der Waals surface area contributed by atoms with Gasteiger partial charge in [-0.3, -0.25) is 4.79 Å². The molecule has 4 aromatic rings. The first-order valence-electron chi connectivity index (χ1n) is 11.6. The zero-order chi connectivity index (χ0) is 23.8. The molecule has 1 aliphatic heterocycles. The second-order valence-corrected chi connectivity index (χ2v) is 9.53. The molecular formula is C25H28ClN7O. The lowest BCUT2D eigenvalue weighted by Gasteiger charge is -2.31. The molecule has 1 saturated heterocycles. The number of hydrogen-bond donors (Lipinski definition) is 0. The van der Waals surface area contributed by atoms with Crippen LogP contribution < -0.4 is 0 Å². The van der Waals surface area contributed by atoms with E-state index in [-0.39, 0.29) is 5.91 Å². The zero-order valence-electron chi connectivity index (χ0n) is 19.7. The average Bonchev–Trinajstić information content (AvgIpc) is 3.44. The van der Waals surface area contributed by atoms with Crippen molar-refractivity contribution in [3.63, 3.8) is 0 Å². The summed E-state index contributed by atoms with van der Waals surface area (Å²) in [5.41, 5.74) is 5.16. The van der Waals surface area contributed by atoms with Gasteiger partial charge < -0.3 is 9.47 Å². The number of rotatable bonds is 5. The van der Waals surface area contributed by atoms with Crippen molar-refractivity contribution in [3.05, 3.63) is 75.7 Å². The van der Waals surface area contributed by atoms with Gasteiger partial charge in [-0.15, -0.1) is 10.2 Å². The average molecular weight is 478 g/mol. The van der Waals surface area contributed by atoms with Crippen molar-refractivity contribution in [2.75, 3.05) is 13.1 Å². The topological polar surface area (TPSA) is 81.2 Å². The van der Waals surface area contributed by atoms with Crippen molar-refractivity contribution < 1.29 is 4.79 Å². The molecule has 5 rings (SSSR count). The molecule has 8 nitrogen and oxygen atoms in total. The molecule has 34 heavy (non-hydrogen) atoms. The maximum absolute atomic E-state index is 13.4. The van der Waals surface area contributed by atoms with Crippen LogP contribution in [0.15, 0.2) is 36.8 Å². The van der Waals surface area contributed by atoms with E-state index in [2.05, 4.69) is 15.3 Å². The molecule has 0 aliphatic carbocycles. The number of aromatic nitrogens is 6. The van der Waals surface area contributed by atoms with E-state index in [0.29, 0.717) is 23.5 Å². The summed E-state index contributed by atoms with van der Waals surface area (Å²) in [5.74, 6) is 1.50.